The molecule has 1 heterocycles. The number of hydrogen-bond donors (Lipinski definition) is 1. The number of piperazine rings is 1. The lowest BCUT2D eigenvalue weighted by Gasteiger charge is -2.47. The van der Waals surface area contributed by atoms with E-state index in [9.17, 15) is 0 Å². The van der Waals surface area contributed by atoms with Gasteiger partial charge in [0.1, 0.15) is 0 Å². The van der Waals surface area contributed by atoms with Crippen molar-refractivity contribution in [3.05, 3.63) is 47.5 Å². The van der Waals surface area contributed by atoms with Crippen molar-refractivity contribution >= 4 is 0 Å². The fourth-order valence-corrected chi connectivity index (χ4v) is 2.73. The minimum atomic E-state index is 0.0831. The number of nitrogens with zero attached hydrogens (tertiary/aromatic N) is 1. The highest BCUT2D eigenvalue weighted by Crippen LogP contribution is 2.30. The van der Waals surface area contributed by atoms with Crippen molar-refractivity contribution in [1.29, 1.82) is 0 Å². The molecule has 0 radical (unpaired) electrons. The zero-order chi connectivity index (χ0) is 13.9. The summed E-state index contributed by atoms with van der Waals surface area (Å²) < 4.78 is 0. The van der Waals surface area contributed by atoms with Crippen molar-refractivity contribution in [2.75, 3.05) is 19.6 Å². The van der Waals surface area contributed by atoms with Gasteiger partial charge in [-0.2, -0.15) is 0 Å². The van der Waals surface area contributed by atoms with Gasteiger partial charge in [0.05, 0.1) is 5.54 Å². The monoisotopic (exact) mass is 258 g/mol. The van der Waals surface area contributed by atoms with Crippen LogP contribution in [-0.2, 0) is 5.54 Å². The molecule has 1 N–H and O–H groups in total. The van der Waals surface area contributed by atoms with Crippen LogP contribution in [0.1, 0.15) is 33.3 Å². The summed E-state index contributed by atoms with van der Waals surface area (Å²) in [5.74, 6) is 0. The van der Waals surface area contributed by atoms with E-state index < -0.39 is 0 Å². The summed E-state index contributed by atoms with van der Waals surface area (Å²) in [6.07, 6.45) is 2.33. The Morgan fingerprint density at radius 3 is 2.68 bits per heavy atom. The predicted molar refractivity (Wildman–Crippen MR) is 82.3 cm³/mol. The molecule has 19 heavy (non-hydrogen) atoms. The fraction of sp³-hybridized carbons (Fsp3) is 0.529. The van der Waals surface area contributed by atoms with Gasteiger partial charge >= 0.3 is 0 Å². The molecule has 1 aliphatic heterocycles. The zero-order valence-corrected chi connectivity index (χ0v) is 12.6. The van der Waals surface area contributed by atoms with Gasteiger partial charge in [-0.25, -0.2) is 0 Å². The molecule has 0 amide bonds. The van der Waals surface area contributed by atoms with Crippen LogP contribution >= 0.6 is 0 Å². The van der Waals surface area contributed by atoms with Gasteiger partial charge in [-0.3, -0.25) is 4.90 Å². The lowest BCUT2D eigenvalue weighted by Crippen LogP contribution is -2.60. The van der Waals surface area contributed by atoms with Gasteiger partial charge in [0.2, 0.25) is 0 Å². The van der Waals surface area contributed by atoms with Crippen molar-refractivity contribution in [3.63, 3.8) is 0 Å². The lowest BCUT2D eigenvalue weighted by molar-refractivity contribution is 0.0656. The molecule has 2 heteroatoms. The summed E-state index contributed by atoms with van der Waals surface area (Å²) in [6, 6.07) is 11.4. The quantitative estimate of drug-likeness (QED) is 0.838. The summed E-state index contributed by atoms with van der Waals surface area (Å²) >= 11 is 0. The van der Waals surface area contributed by atoms with E-state index in [4.69, 9.17) is 0 Å². The van der Waals surface area contributed by atoms with Crippen molar-refractivity contribution < 1.29 is 0 Å². The first kappa shape index (κ1) is 14.3. The SMILES string of the molecule is CC(C)=CCN1CC(C)NCC1(C)c1ccccc1. The summed E-state index contributed by atoms with van der Waals surface area (Å²) in [7, 11) is 0. The number of benzene rings is 1. The molecule has 2 rings (SSSR count). The summed E-state index contributed by atoms with van der Waals surface area (Å²) in [6.45, 7) is 12.1. The van der Waals surface area contributed by atoms with Crippen LogP contribution in [0.25, 0.3) is 0 Å². The van der Waals surface area contributed by atoms with E-state index in [1.165, 1.54) is 11.1 Å². The van der Waals surface area contributed by atoms with Crippen molar-refractivity contribution in [3.8, 4) is 0 Å². The Bertz CT molecular complexity index is 434. The summed E-state index contributed by atoms with van der Waals surface area (Å²) in [4.78, 5) is 2.59. The highest BCUT2D eigenvalue weighted by atomic mass is 15.3. The van der Waals surface area contributed by atoms with Gasteiger partial charge in [0.15, 0.2) is 0 Å². The number of rotatable bonds is 3. The maximum atomic E-state index is 3.63. The zero-order valence-electron chi connectivity index (χ0n) is 12.6. The van der Waals surface area contributed by atoms with Crippen LogP contribution < -0.4 is 5.32 Å². The van der Waals surface area contributed by atoms with E-state index in [1.807, 2.05) is 0 Å². The molecule has 2 nitrogen and oxygen atoms in total. The molecule has 0 spiro atoms. The number of hydrogen-bond acceptors (Lipinski definition) is 2. The third kappa shape index (κ3) is 3.26. The first-order valence-electron chi connectivity index (χ1n) is 7.20. The van der Waals surface area contributed by atoms with Crippen LogP contribution in [0.3, 0.4) is 0 Å². The Balaban J connectivity index is 2.26. The van der Waals surface area contributed by atoms with Gasteiger partial charge < -0.3 is 5.32 Å². The minimum Gasteiger partial charge on any atom is -0.311 e. The van der Waals surface area contributed by atoms with Gasteiger partial charge in [-0.1, -0.05) is 42.0 Å². The van der Waals surface area contributed by atoms with Gasteiger partial charge in [-0.15, -0.1) is 0 Å². The Kier molecular flexibility index (Phi) is 4.43. The average molecular weight is 258 g/mol. The minimum absolute atomic E-state index is 0.0831. The lowest BCUT2D eigenvalue weighted by atomic mass is 9.87. The largest absolute Gasteiger partial charge is 0.311 e. The van der Waals surface area contributed by atoms with Crippen LogP contribution in [0.2, 0.25) is 0 Å². The van der Waals surface area contributed by atoms with Crippen LogP contribution in [-0.4, -0.2) is 30.6 Å². The molecule has 1 aromatic rings. The Labute approximate surface area is 117 Å². The highest BCUT2D eigenvalue weighted by Gasteiger charge is 2.37. The topological polar surface area (TPSA) is 15.3 Å². The molecule has 1 fully saturated rings. The van der Waals surface area contributed by atoms with E-state index in [1.54, 1.807) is 0 Å². The highest BCUT2D eigenvalue weighted by molar-refractivity contribution is 5.25. The van der Waals surface area contributed by atoms with E-state index in [0.29, 0.717) is 6.04 Å². The van der Waals surface area contributed by atoms with Crippen LogP contribution in [0.4, 0.5) is 0 Å². The molecule has 0 bridgehead atoms. The van der Waals surface area contributed by atoms with Gasteiger partial charge in [0.25, 0.3) is 0 Å². The summed E-state index contributed by atoms with van der Waals surface area (Å²) in [5, 5.41) is 3.63. The molecular weight excluding hydrogens is 232 g/mol. The maximum absolute atomic E-state index is 3.63. The standard InChI is InChI=1S/C17H26N2/c1-14(2)10-11-19-12-15(3)18-13-17(19,4)16-8-6-5-7-9-16/h5-10,15,18H,11-13H2,1-4H3. The van der Waals surface area contributed by atoms with E-state index in [2.05, 4.69) is 74.3 Å². The van der Waals surface area contributed by atoms with Crippen molar-refractivity contribution in [2.45, 2.75) is 39.3 Å². The molecule has 0 saturated carbocycles. The third-order valence-corrected chi connectivity index (χ3v) is 4.10. The second-order valence-electron chi connectivity index (χ2n) is 6.11. The molecular formula is C17H26N2. The van der Waals surface area contributed by atoms with E-state index in [0.717, 1.165) is 19.6 Å². The molecule has 2 unspecified atom stereocenters. The first-order chi connectivity index (χ1) is 9.02. The molecule has 1 aliphatic rings. The second-order valence-corrected chi connectivity index (χ2v) is 6.11. The van der Waals surface area contributed by atoms with Crippen LogP contribution in [0.15, 0.2) is 42.0 Å². The fourth-order valence-electron chi connectivity index (χ4n) is 2.73. The second kappa shape index (κ2) is 5.89. The van der Waals surface area contributed by atoms with Gasteiger partial charge in [0, 0.05) is 25.7 Å². The molecule has 1 saturated heterocycles. The number of nitrogens with one attached hydrogen (secondary N) is 1. The predicted octanol–water partition coefficient (Wildman–Crippen LogP) is 3.16. The van der Waals surface area contributed by atoms with Crippen LogP contribution in [0, 0.1) is 0 Å². The molecule has 0 aliphatic carbocycles. The van der Waals surface area contributed by atoms with E-state index >= 15 is 0 Å². The molecule has 1 aromatic carbocycles. The van der Waals surface area contributed by atoms with E-state index in [-0.39, 0.29) is 5.54 Å². The Hall–Kier alpha value is -1.12. The summed E-state index contributed by atoms with van der Waals surface area (Å²) in [5.41, 5.74) is 2.87. The molecule has 2 atom stereocenters. The van der Waals surface area contributed by atoms with Crippen molar-refractivity contribution in [1.82, 2.24) is 10.2 Å². The average Bonchev–Trinajstić information content (AvgIpc) is 2.41. The molecule has 104 valence electrons. The molecule has 0 aromatic heterocycles. The smallest absolute Gasteiger partial charge is 0.0560 e. The van der Waals surface area contributed by atoms with Gasteiger partial charge in [-0.05, 0) is 33.3 Å². The Morgan fingerprint density at radius 1 is 1.37 bits per heavy atom. The normalized spacial score (nSPS) is 28.1. The third-order valence-electron chi connectivity index (χ3n) is 4.10. The first-order valence-corrected chi connectivity index (χ1v) is 7.20. The van der Waals surface area contributed by atoms with Crippen LogP contribution in [0.5, 0.6) is 0 Å². The van der Waals surface area contributed by atoms with Crippen molar-refractivity contribution in [2.24, 2.45) is 0 Å². The Morgan fingerprint density at radius 2 is 2.05 bits per heavy atom. The number of allylic oxidation sites excluding steroid dienone is 1. The maximum Gasteiger partial charge on any atom is 0.0560 e.